The second kappa shape index (κ2) is 5.80. The first kappa shape index (κ1) is 15.5. The number of hydrogen-bond donors (Lipinski definition) is 2. The molecular formula is C19H24N2O3. The van der Waals surface area contributed by atoms with Crippen LogP contribution in [0.4, 0.5) is 4.79 Å². The Morgan fingerprint density at radius 1 is 1.25 bits per heavy atom. The summed E-state index contributed by atoms with van der Waals surface area (Å²) in [5, 5.41) is 12.4. The molecule has 1 saturated carbocycles. The lowest BCUT2D eigenvalue weighted by Gasteiger charge is -2.34. The van der Waals surface area contributed by atoms with Gasteiger partial charge in [0.05, 0.1) is 5.92 Å². The van der Waals surface area contributed by atoms with Crippen LogP contribution in [0.2, 0.25) is 0 Å². The van der Waals surface area contributed by atoms with E-state index in [9.17, 15) is 14.7 Å². The third-order valence-corrected chi connectivity index (χ3v) is 5.92. The molecule has 5 atom stereocenters. The molecule has 5 heteroatoms. The topological polar surface area (TPSA) is 69.6 Å². The predicted molar refractivity (Wildman–Crippen MR) is 89.8 cm³/mol. The highest BCUT2D eigenvalue weighted by Crippen LogP contribution is 2.54. The molecule has 5 nitrogen and oxygen atoms in total. The minimum absolute atomic E-state index is 0.0929. The van der Waals surface area contributed by atoms with Crippen LogP contribution in [0.25, 0.3) is 0 Å². The Balaban J connectivity index is 1.42. The summed E-state index contributed by atoms with van der Waals surface area (Å²) in [7, 11) is 0. The zero-order valence-corrected chi connectivity index (χ0v) is 13.9. The summed E-state index contributed by atoms with van der Waals surface area (Å²) in [6.07, 6.45) is 2.87. The zero-order valence-electron chi connectivity index (χ0n) is 13.9. The SMILES string of the molecule is CC1CC(C(=O)O)CN(C(=O)NC2C3CCc4ccccc4C32)C1. The van der Waals surface area contributed by atoms with Crippen molar-refractivity contribution in [3.8, 4) is 0 Å². The predicted octanol–water partition coefficient (Wildman–Crippen LogP) is 2.47. The number of likely N-dealkylation sites (tertiary alicyclic amines) is 1. The largest absolute Gasteiger partial charge is 0.481 e. The number of carboxylic acid groups (broad SMARTS) is 1. The smallest absolute Gasteiger partial charge is 0.317 e. The van der Waals surface area contributed by atoms with E-state index in [1.807, 2.05) is 6.92 Å². The summed E-state index contributed by atoms with van der Waals surface area (Å²) in [5.74, 6) is -0.0272. The molecule has 0 bridgehead atoms. The van der Waals surface area contributed by atoms with Crippen molar-refractivity contribution in [2.45, 2.75) is 38.1 Å². The molecule has 1 heterocycles. The molecule has 24 heavy (non-hydrogen) atoms. The summed E-state index contributed by atoms with van der Waals surface area (Å²) in [6.45, 7) is 2.99. The van der Waals surface area contributed by atoms with E-state index < -0.39 is 11.9 Å². The maximum atomic E-state index is 12.6. The monoisotopic (exact) mass is 328 g/mol. The Kier molecular flexibility index (Phi) is 3.74. The second-order valence-electron chi connectivity index (χ2n) is 7.68. The molecule has 2 aliphatic carbocycles. The number of piperidine rings is 1. The number of aryl methyl sites for hydroxylation is 1. The molecule has 1 aromatic carbocycles. The van der Waals surface area contributed by atoms with E-state index in [4.69, 9.17) is 0 Å². The average Bonchev–Trinajstić information content (AvgIpc) is 3.27. The van der Waals surface area contributed by atoms with Crippen molar-refractivity contribution >= 4 is 12.0 Å². The lowest BCUT2D eigenvalue weighted by atomic mass is 9.91. The Hall–Kier alpha value is -2.04. The summed E-state index contributed by atoms with van der Waals surface area (Å²) < 4.78 is 0. The molecule has 1 aromatic rings. The van der Waals surface area contributed by atoms with Crippen molar-refractivity contribution in [1.82, 2.24) is 10.2 Å². The number of nitrogens with one attached hydrogen (secondary N) is 1. The normalized spacial score (nSPS) is 34.0. The molecule has 2 amide bonds. The number of amides is 2. The highest BCUT2D eigenvalue weighted by molar-refractivity contribution is 5.77. The molecule has 0 spiro atoms. The third kappa shape index (κ3) is 2.66. The molecule has 1 aliphatic heterocycles. The van der Waals surface area contributed by atoms with Gasteiger partial charge in [0, 0.05) is 25.0 Å². The quantitative estimate of drug-likeness (QED) is 0.876. The lowest BCUT2D eigenvalue weighted by molar-refractivity contribution is -0.143. The highest BCUT2D eigenvalue weighted by Gasteiger charge is 2.54. The van der Waals surface area contributed by atoms with Crippen LogP contribution in [0.5, 0.6) is 0 Å². The maximum absolute atomic E-state index is 12.6. The first-order chi connectivity index (χ1) is 11.5. The number of rotatable bonds is 2. The van der Waals surface area contributed by atoms with Gasteiger partial charge in [-0.25, -0.2) is 4.79 Å². The Bertz CT molecular complexity index is 674. The van der Waals surface area contributed by atoms with Crippen LogP contribution >= 0.6 is 0 Å². The van der Waals surface area contributed by atoms with Crippen LogP contribution in [0.15, 0.2) is 24.3 Å². The van der Waals surface area contributed by atoms with E-state index in [2.05, 4.69) is 29.6 Å². The molecule has 128 valence electrons. The van der Waals surface area contributed by atoms with Gasteiger partial charge in [0.15, 0.2) is 0 Å². The van der Waals surface area contributed by atoms with Gasteiger partial charge in [-0.2, -0.15) is 0 Å². The van der Waals surface area contributed by atoms with Crippen molar-refractivity contribution in [2.24, 2.45) is 17.8 Å². The number of aliphatic carboxylic acids is 1. The lowest BCUT2D eigenvalue weighted by Crippen LogP contribution is -2.50. The standard InChI is InChI=1S/C19H24N2O3/c1-11-8-13(18(22)23)10-21(9-11)19(24)20-17-15-7-6-12-4-2-3-5-14(12)16(15)17/h2-5,11,13,15-17H,6-10H2,1H3,(H,20,24)(H,22,23). The number of fused-ring (bicyclic) bond motifs is 3. The summed E-state index contributed by atoms with van der Waals surface area (Å²) >= 11 is 0. The van der Waals surface area contributed by atoms with Crippen molar-refractivity contribution in [3.05, 3.63) is 35.4 Å². The van der Waals surface area contributed by atoms with Crippen LogP contribution in [0.1, 0.15) is 36.8 Å². The van der Waals surface area contributed by atoms with Crippen LogP contribution in [-0.2, 0) is 11.2 Å². The molecule has 2 fully saturated rings. The number of carbonyl (C=O) groups excluding carboxylic acids is 1. The summed E-state index contributed by atoms with van der Waals surface area (Å²) in [6, 6.07) is 8.64. The Morgan fingerprint density at radius 3 is 2.83 bits per heavy atom. The first-order valence-corrected chi connectivity index (χ1v) is 8.90. The molecule has 5 unspecified atom stereocenters. The number of hydrogen-bond acceptors (Lipinski definition) is 2. The summed E-state index contributed by atoms with van der Waals surface area (Å²) in [5.41, 5.74) is 2.79. The van der Waals surface area contributed by atoms with Crippen LogP contribution in [0.3, 0.4) is 0 Å². The third-order valence-electron chi connectivity index (χ3n) is 5.92. The minimum Gasteiger partial charge on any atom is -0.481 e. The van der Waals surface area contributed by atoms with Crippen LogP contribution in [0, 0.1) is 17.8 Å². The van der Waals surface area contributed by atoms with Gasteiger partial charge in [-0.1, -0.05) is 31.2 Å². The van der Waals surface area contributed by atoms with Crippen molar-refractivity contribution in [3.63, 3.8) is 0 Å². The number of carboxylic acids is 1. The molecular weight excluding hydrogens is 304 g/mol. The Morgan fingerprint density at radius 2 is 2.04 bits per heavy atom. The highest BCUT2D eigenvalue weighted by atomic mass is 16.4. The minimum atomic E-state index is -0.798. The first-order valence-electron chi connectivity index (χ1n) is 8.90. The van der Waals surface area contributed by atoms with Gasteiger partial charge in [0.2, 0.25) is 0 Å². The number of carbonyl (C=O) groups is 2. The maximum Gasteiger partial charge on any atom is 0.317 e. The van der Waals surface area contributed by atoms with Gasteiger partial charge in [-0.05, 0) is 42.2 Å². The summed E-state index contributed by atoms with van der Waals surface area (Å²) in [4.78, 5) is 25.6. The van der Waals surface area contributed by atoms with Gasteiger partial charge >= 0.3 is 12.0 Å². The second-order valence-corrected chi connectivity index (χ2v) is 7.68. The molecule has 0 aromatic heterocycles. The van der Waals surface area contributed by atoms with Crippen molar-refractivity contribution in [1.29, 1.82) is 0 Å². The zero-order chi connectivity index (χ0) is 16.8. The van der Waals surface area contributed by atoms with Crippen molar-refractivity contribution < 1.29 is 14.7 Å². The fourth-order valence-electron chi connectivity index (χ4n) is 4.69. The molecule has 2 N–H and O–H groups in total. The molecule has 0 radical (unpaired) electrons. The average molecular weight is 328 g/mol. The van der Waals surface area contributed by atoms with E-state index >= 15 is 0 Å². The van der Waals surface area contributed by atoms with Gasteiger partial charge in [0.25, 0.3) is 0 Å². The Labute approximate surface area is 142 Å². The van der Waals surface area contributed by atoms with Crippen LogP contribution < -0.4 is 5.32 Å². The van der Waals surface area contributed by atoms with Gasteiger partial charge in [-0.15, -0.1) is 0 Å². The van der Waals surface area contributed by atoms with E-state index in [1.54, 1.807) is 4.90 Å². The van der Waals surface area contributed by atoms with Gasteiger partial charge in [-0.3, -0.25) is 4.79 Å². The van der Waals surface area contributed by atoms with Crippen molar-refractivity contribution in [2.75, 3.05) is 13.1 Å². The number of urea groups is 1. The van der Waals surface area contributed by atoms with Gasteiger partial charge in [0.1, 0.15) is 0 Å². The fourth-order valence-corrected chi connectivity index (χ4v) is 4.69. The van der Waals surface area contributed by atoms with E-state index in [-0.39, 0.29) is 18.0 Å². The van der Waals surface area contributed by atoms with E-state index in [0.29, 0.717) is 31.3 Å². The fraction of sp³-hybridized carbons (Fsp3) is 0.579. The number of benzene rings is 1. The molecule has 1 saturated heterocycles. The van der Waals surface area contributed by atoms with Gasteiger partial charge < -0.3 is 15.3 Å². The van der Waals surface area contributed by atoms with E-state index in [1.165, 1.54) is 11.1 Å². The molecule has 3 aliphatic rings. The number of nitrogens with zero attached hydrogens (tertiary/aromatic N) is 1. The van der Waals surface area contributed by atoms with E-state index in [0.717, 1.165) is 12.8 Å². The van der Waals surface area contributed by atoms with Crippen LogP contribution in [-0.4, -0.2) is 41.1 Å². The molecule has 4 rings (SSSR count).